The van der Waals surface area contributed by atoms with Crippen LogP contribution in [0.15, 0.2) is 78.9 Å². The number of carbonyl (C=O) groups is 2. The molecule has 0 saturated carbocycles. The van der Waals surface area contributed by atoms with Crippen molar-refractivity contribution in [3.8, 4) is 22.7 Å². The molecule has 38 heavy (non-hydrogen) atoms. The zero-order valence-electron chi connectivity index (χ0n) is 20.9. The molecule has 196 valence electrons. The number of nitrogens with one attached hydrogen (secondary N) is 2. The molecule has 10 heteroatoms. The van der Waals surface area contributed by atoms with Gasteiger partial charge in [-0.1, -0.05) is 65.7 Å². The van der Waals surface area contributed by atoms with Crippen molar-refractivity contribution in [2.24, 2.45) is 0 Å². The molecule has 2 N–H and O–H groups in total. The normalized spacial score (nSPS) is 10.6. The number of hydrogen-bond donors (Lipinski definition) is 2. The molecule has 0 spiro atoms. The molecule has 0 atom stereocenters. The van der Waals surface area contributed by atoms with E-state index in [9.17, 15) is 9.59 Å². The van der Waals surface area contributed by atoms with Gasteiger partial charge >= 0.3 is 6.03 Å². The highest BCUT2D eigenvalue weighted by Crippen LogP contribution is 2.29. The van der Waals surface area contributed by atoms with E-state index in [4.69, 9.17) is 27.9 Å². The van der Waals surface area contributed by atoms with Crippen LogP contribution in [0.2, 0.25) is 10.0 Å². The minimum atomic E-state index is -0.419. The van der Waals surface area contributed by atoms with Crippen LogP contribution in [0.3, 0.4) is 0 Å². The molecule has 0 radical (unpaired) electrons. The highest BCUT2D eigenvalue weighted by atomic mass is 35.5. The summed E-state index contributed by atoms with van der Waals surface area (Å²) in [4.78, 5) is 27.5. The van der Waals surface area contributed by atoms with Crippen LogP contribution in [0.25, 0.3) is 16.9 Å². The number of para-hydroxylation sites is 2. The van der Waals surface area contributed by atoms with E-state index in [0.717, 1.165) is 5.56 Å². The lowest BCUT2D eigenvalue weighted by Gasteiger charge is -2.22. The van der Waals surface area contributed by atoms with E-state index in [-0.39, 0.29) is 12.5 Å². The van der Waals surface area contributed by atoms with Gasteiger partial charge in [0, 0.05) is 18.2 Å². The summed E-state index contributed by atoms with van der Waals surface area (Å²) in [5.74, 6) is 0.592. The van der Waals surface area contributed by atoms with Crippen LogP contribution < -0.4 is 15.4 Å². The van der Waals surface area contributed by atoms with Crippen molar-refractivity contribution in [1.29, 1.82) is 0 Å². The molecule has 3 aromatic carbocycles. The molecule has 4 aromatic rings. The summed E-state index contributed by atoms with van der Waals surface area (Å²) < 4.78 is 7.16. The van der Waals surface area contributed by atoms with Crippen LogP contribution >= 0.6 is 23.2 Å². The number of amides is 3. The second kappa shape index (κ2) is 12.5. The summed E-state index contributed by atoms with van der Waals surface area (Å²) >= 11 is 12.3. The average Bonchev–Trinajstić information content (AvgIpc) is 3.34. The fraction of sp³-hybridized carbons (Fsp3) is 0.179. The zero-order chi connectivity index (χ0) is 27.1. The molecule has 0 unspecified atom stereocenters. The molecule has 8 nitrogen and oxygen atoms in total. The Kier molecular flexibility index (Phi) is 8.89. The Morgan fingerprint density at radius 2 is 1.66 bits per heavy atom. The van der Waals surface area contributed by atoms with Crippen LogP contribution in [-0.2, 0) is 4.79 Å². The number of nitrogens with zero attached hydrogens (tertiary/aromatic N) is 3. The van der Waals surface area contributed by atoms with Gasteiger partial charge in [-0.2, -0.15) is 5.10 Å². The van der Waals surface area contributed by atoms with Gasteiger partial charge in [-0.3, -0.25) is 4.79 Å². The number of benzene rings is 3. The highest BCUT2D eigenvalue weighted by molar-refractivity contribution is 6.42. The molecule has 0 aliphatic heterocycles. The van der Waals surface area contributed by atoms with Crippen molar-refractivity contribution in [2.75, 3.05) is 30.3 Å². The Hall–Kier alpha value is -4.01. The topological polar surface area (TPSA) is 88.5 Å². The Balaban J connectivity index is 1.55. The number of likely N-dealkylation sites (N-methyl/N-ethyl adjacent to an activating group) is 1. The molecular formula is C28H27Cl2N5O3. The summed E-state index contributed by atoms with van der Waals surface area (Å²) in [6.45, 7) is 4.27. The third-order valence-electron chi connectivity index (χ3n) is 5.63. The van der Waals surface area contributed by atoms with Crippen LogP contribution in [0, 0.1) is 0 Å². The van der Waals surface area contributed by atoms with E-state index in [1.165, 1.54) is 4.90 Å². The largest absolute Gasteiger partial charge is 0.492 e. The quantitative estimate of drug-likeness (QED) is 0.241. The Labute approximate surface area is 231 Å². The predicted molar refractivity (Wildman–Crippen MR) is 152 cm³/mol. The number of ether oxygens (including phenoxy) is 1. The summed E-state index contributed by atoms with van der Waals surface area (Å²) in [6, 6.07) is 23.2. The molecule has 0 fully saturated rings. The van der Waals surface area contributed by atoms with Crippen molar-refractivity contribution in [3.05, 3.63) is 88.9 Å². The Morgan fingerprint density at radius 3 is 2.37 bits per heavy atom. The van der Waals surface area contributed by atoms with E-state index in [0.29, 0.717) is 51.8 Å². The van der Waals surface area contributed by atoms with Crippen molar-refractivity contribution < 1.29 is 14.3 Å². The molecule has 1 heterocycles. The standard InChI is InChI=1S/C28H27Cl2N5O3/c1-3-34(28(37)31-23-12-8-9-13-25(23)38-4-2)18-27(36)32-26-17-24(19-10-6-5-7-11-19)33-35(26)20-14-15-21(29)22(30)16-20/h5-17H,3-4,18H2,1-2H3,(H,31,37)(H,32,36). The predicted octanol–water partition coefficient (Wildman–Crippen LogP) is 6.74. The number of aromatic nitrogens is 2. The van der Waals surface area contributed by atoms with Crippen LogP contribution in [0.1, 0.15) is 13.8 Å². The second-order valence-electron chi connectivity index (χ2n) is 8.21. The first-order valence-corrected chi connectivity index (χ1v) is 12.8. The minimum absolute atomic E-state index is 0.174. The summed E-state index contributed by atoms with van der Waals surface area (Å²) in [6.07, 6.45) is 0. The van der Waals surface area contributed by atoms with Crippen LogP contribution in [-0.4, -0.2) is 46.3 Å². The SMILES string of the molecule is CCOc1ccccc1NC(=O)N(CC)CC(=O)Nc1cc(-c2ccccc2)nn1-c1ccc(Cl)c(Cl)c1. The number of carbonyl (C=O) groups excluding carboxylic acids is 2. The maximum Gasteiger partial charge on any atom is 0.322 e. The molecule has 0 saturated heterocycles. The summed E-state index contributed by atoms with van der Waals surface area (Å²) in [5.41, 5.74) is 2.69. The molecule has 3 amide bonds. The first kappa shape index (κ1) is 27.0. The van der Waals surface area contributed by atoms with Gasteiger partial charge in [0.15, 0.2) is 0 Å². The Morgan fingerprint density at radius 1 is 0.921 bits per heavy atom. The van der Waals surface area contributed by atoms with Gasteiger partial charge in [0.1, 0.15) is 18.1 Å². The zero-order valence-corrected chi connectivity index (χ0v) is 22.5. The van der Waals surface area contributed by atoms with Gasteiger partial charge in [0.05, 0.1) is 33.7 Å². The maximum atomic E-state index is 13.1. The van der Waals surface area contributed by atoms with Crippen molar-refractivity contribution in [3.63, 3.8) is 0 Å². The van der Waals surface area contributed by atoms with Gasteiger partial charge in [-0.05, 0) is 44.2 Å². The van der Waals surface area contributed by atoms with E-state index < -0.39 is 6.03 Å². The van der Waals surface area contributed by atoms with E-state index in [2.05, 4.69) is 15.7 Å². The van der Waals surface area contributed by atoms with Gasteiger partial charge in [0.25, 0.3) is 0 Å². The lowest BCUT2D eigenvalue weighted by Crippen LogP contribution is -2.40. The fourth-order valence-corrected chi connectivity index (χ4v) is 4.05. The average molecular weight is 552 g/mol. The number of anilines is 2. The highest BCUT2D eigenvalue weighted by Gasteiger charge is 2.20. The molecule has 0 aliphatic carbocycles. The van der Waals surface area contributed by atoms with Crippen molar-refractivity contribution in [2.45, 2.75) is 13.8 Å². The van der Waals surface area contributed by atoms with E-state index in [1.807, 2.05) is 43.3 Å². The Bertz CT molecular complexity index is 1430. The van der Waals surface area contributed by atoms with Crippen molar-refractivity contribution >= 4 is 46.6 Å². The third kappa shape index (κ3) is 6.45. The maximum absolute atomic E-state index is 13.1. The van der Waals surface area contributed by atoms with Gasteiger partial charge in [0.2, 0.25) is 5.91 Å². The van der Waals surface area contributed by atoms with E-state index in [1.54, 1.807) is 54.1 Å². The van der Waals surface area contributed by atoms with Crippen LogP contribution in [0.4, 0.5) is 16.3 Å². The van der Waals surface area contributed by atoms with E-state index >= 15 is 0 Å². The lowest BCUT2D eigenvalue weighted by molar-refractivity contribution is -0.116. The monoisotopic (exact) mass is 551 g/mol. The molecule has 0 aliphatic rings. The first-order valence-electron chi connectivity index (χ1n) is 12.1. The number of halogens is 2. The molecule has 1 aromatic heterocycles. The molecule has 0 bridgehead atoms. The third-order valence-corrected chi connectivity index (χ3v) is 6.37. The number of urea groups is 1. The molecular weight excluding hydrogens is 525 g/mol. The van der Waals surface area contributed by atoms with Crippen LogP contribution in [0.5, 0.6) is 5.75 Å². The first-order chi connectivity index (χ1) is 18.4. The lowest BCUT2D eigenvalue weighted by atomic mass is 10.1. The van der Waals surface area contributed by atoms with Crippen molar-refractivity contribution in [1.82, 2.24) is 14.7 Å². The summed E-state index contributed by atoms with van der Waals surface area (Å²) in [5, 5.41) is 11.2. The molecule has 4 rings (SSSR count). The smallest absolute Gasteiger partial charge is 0.322 e. The summed E-state index contributed by atoms with van der Waals surface area (Å²) in [7, 11) is 0. The van der Waals surface area contributed by atoms with Gasteiger partial charge in [-0.15, -0.1) is 0 Å². The number of rotatable bonds is 9. The van der Waals surface area contributed by atoms with Gasteiger partial charge in [-0.25, -0.2) is 9.48 Å². The minimum Gasteiger partial charge on any atom is -0.492 e. The second-order valence-corrected chi connectivity index (χ2v) is 9.03. The van der Waals surface area contributed by atoms with Gasteiger partial charge < -0.3 is 20.3 Å². The number of hydrogen-bond acceptors (Lipinski definition) is 4. The fourth-order valence-electron chi connectivity index (χ4n) is 3.76.